The Balaban J connectivity index is 2.29. The van der Waals surface area contributed by atoms with Crippen LogP contribution < -0.4 is 4.90 Å². The molecule has 0 saturated heterocycles. The molecule has 0 spiro atoms. The summed E-state index contributed by atoms with van der Waals surface area (Å²) in [5.41, 5.74) is -0.0941. The topological polar surface area (TPSA) is 27.0 Å². The number of halogens is 3. The Bertz CT molecular complexity index is 545. The van der Waals surface area contributed by atoms with Crippen LogP contribution in [0, 0.1) is 17.2 Å². The van der Waals surface area contributed by atoms with Crippen molar-refractivity contribution in [3.8, 4) is 6.07 Å². The van der Waals surface area contributed by atoms with Gasteiger partial charge in [0, 0.05) is 13.1 Å². The molecule has 1 saturated carbocycles. The Morgan fingerprint density at radius 2 is 2.00 bits per heavy atom. The van der Waals surface area contributed by atoms with Gasteiger partial charge in [-0.1, -0.05) is 19.8 Å². The number of nitrogens with zero attached hydrogens (tertiary/aromatic N) is 2. The minimum atomic E-state index is -4.41. The standard InChI is InChI=1S/C16H19F3N2/c1-11-4-3-5-14(8-11)21(2)15-7-6-13(16(17,18)19)9-12(15)10-20/h6-7,9,11,14H,3-5,8H2,1-2H3. The second-order valence-electron chi connectivity index (χ2n) is 5.88. The molecule has 2 nitrogen and oxygen atoms in total. The maximum Gasteiger partial charge on any atom is 0.416 e. The highest BCUT2D eigenvalue weighted by atomic mass is 19.4. The van der Waals surface area contributed by atoms with Crippen molar-refractivity contribution in [1.82, 2.24) is 0 Å². The molecule has 0 aliphatic heterocycles. The van der Waals surface area contributed by atoms with E-state index in [4.69, 9.17) is 5.26 Å². The number of anilines is 1. The van der Waals surface area contributed by atoms with Gasteiger partial charge in [-0.2, -0.15) is 18.4 Å². The molecule has 5 heteroatoms. The molecule has 2 rings (SSSR count). The molecule has 0 amide bonds. The third-order valence-corrected chi connectivity index (χ3v) is 4.28. The van der Waals surface area contributed by atoms with E-state index in [9.17, 15) is 13.2 Å². The summed E-state index contributed by atoms with van der Waals surface area (Å²) in [6.45, 7) is 2.19. The van der Waals surface area contributed by atoms with Gasteiger partial charge in [0.1, 0.15) is 6.07 Å². The molecular formula is C16H19F3N2. The van der Waals surface area contributed by atoms with E-state index in [2.05, 4.69) is 6.92 Å². The highest BCUT2D eigenvalue weighted by Crippen LogP contribution is 2.35. The lowest BCUT2D eigenvalue weighted by molar-refractivity contribution is -0.137. The number of nitriles is 1. The van der Waals surface area contributed by atoms with Crippen molar-refractivity contribution in [2.24, 2.45) is 5.92 Å². The first-order valence-corrected chi connectivity index (χ1v) is 7.17. The average molecular weight is 296 g/mol. The summed E-state index contributed by atoms with van der Waals surface area (Å²) >= 11 is 0. The molecule has 2 unspecified atom stereocenters. The zero-order chi connectivity index (χ0) is 15.6. The van der Waals surface area contributed by atoms with E-state index in [0.29, 0.717) is 11.6 Å². The Hall–Kier alpha value is -1.70. The van der Waals surface area contributed by atoms with Gasteiger partial charge in [-0.05, 0) is 37.0 Å². The second-order valence-corrected chi connectivity index (χ2v) is 5.88. The van der Waals surface area contributed by atoms with E-state index in [1.807, 2.05) is 18.0 Å². The number of hydrogen-bond acceptors (Lipinski definition) is 2. The van der Waals surface area contributed by atoms with Crippen LogP contribution in [0.1, 0.15) is 43.7 Å². The van der Waals surface area contributed by atoms with Crippen LogP contribution >= 0.6 is 0 Å². The second kappa shape index (κ2) is 5.97. The lowest BCUT2D eigenvalue weighted by Crippen LogP contribution is -2.36. The molecule has 114 valence electrons. The summed E-state index contributed by atoms with van der Waals surface area (Å²) in [6, 6.07) is 5.60. The summed E-state index contributed by atoms with van der Waals surface area (Å²) < 4.78 is 38.2. The maximum absolute atomic E-state index is 12.7. The van der Waals surface area contributed by atoms with Gasteiger partial charge in [-0.25, -0.2) is 0 Å². The number of benzene rings is 1. The number of hydrogen-bond donors (Lipinski definition) is 0. The van der Waals surface area contributed by atoms with Crippen LogP contribution in [0.5, 0.6) is 0 Å². The lowest BCUT2D eigenvalue weighted by atomic mass is 9.86. The zero-order valence-corrected chi connectivity index (χ0v) is 12.2. The van der Waals surface area contributed by atoms with Gasteiger partial charge in [-0.15, -0.1) is 0 Å². The highest BCUT2D eigenvalue weighted by molar-refractivity contribution is 5.61. The van der Waals surface area contributed by atoms with Gasteiger partial charge in [0.05, 0.1) is 16.8 Å². The summed E-state index contributed by atoms with van der Waals surface area (Å²) in [7, 11) is 1.87. The van der Waals surface area contributed by atoms with Crippen LogP contribution in [0.25, 0.3) is 0 Å². The van der Waals surface area contributed by atoms with Gasteiger partial charge in [0.2, 0.25) is 0 Å². The molecular weight excluding hydrogens is 277 g/mol. The molecule has 0 aromatic heterocycles. The highest BCUT2D eigenvalue weighted by Gasteiger charge is 2.32. The average Bonchev–Trinajstić information content (AvgIpc) is 2.45. The molecule has 0 N–H and O–H groups in total. The van der Waals surface area contributed by atoms with Gasteiger partial charge >= 0.3 is 6.18 Å². The van der Waals surface area contributed by atoms with Gasteiger partial charge in [-0.3, -0.25) is 0 Å². The summed E-state index contributed by atoms with van der Waals surface area (Å²) in [5, 5.41) is 9.16. The van der Waals surface area contributed by atoms with E-state index in [-0.39, 0.29) is 11.6 Å². The molecule has 21 heavy (non-hydrogen) atoms. The number of alkyl halides is 3. The fourth-order valence-electron chi connectivity index (χ4n) is 3.06. The maximum atomic E-state index is 12.7. The normalized spacial score (nSPS) is 22.7. The van der Waals surface area contributed by atoms with Crippen LogP contribution in [-0.4, -0.2) is 13.1 Å². The Kier molecular flexibility index (Phi) is 4.46. The third-order valence-electron chi connectivity index (χ3n) is 4.28. The lowest BCUT2D eigenvalue weighted by Gasteiger charge is -2.36. The van der Waals surface area contributed by atoms with E-state index in [0.717, 1.165) is 31.4 Å². The summed E-state index contributed by atoms with van der Waals surface area (Å²) in [4.78, 5) is 1.97. The van der Waals surface area contributed by atoms with Crippen molar-refractivity contribution < 1.29 is 13.2 Å². The van der Waals surface area contributed by atoms with E-state index in [1.54, 1.807) is 0 Å². The fraction of sp³-hybridized carbons (Fsp3) is 0.562. The molecule has 1 aromatic carbocycles. The largest absolute Gasteiger partial charge is 0.416 e. The monoisotopic (exact) mass is 296 g/mol. The van der Waals surface area contributed by atoms with Gasteiger partial charge in [0.15, 0.2) is 0 Å². The molecule has 1 aromatic rings. The van der Waals surface area contributed by atoms with Crippen molar-refractivity contribution in [3.05, 3.63) is 29.3 Å². The molecule has 1 aliphatic carbocycles. The fourth-order valence-corrected chi connectivity index (χ4v) is 3.06. The first-order chi connectivity index (χ1) is 9.82. The van der Waals surface area contributed by atoms with E-state index in [1.165, 1.54) is 12.5 Å². The predicted molar refractivity (Wildman–Crippen MR) is 76.0 cm³/mol. The van der Waals surface area contributed by atoms with Crippen molar-refractivity contribution in [2.45, 2.75) is 44.8 Å². The van der Waals surface area contributed by atoms with Crippen molar-refractivity contribution >= 4 is 5.69 Å². The van der Waals surface area contributed by atoms with Crippen LogP contribution in [-0.2, 0) is 6.18 Å². The predicted octanol–water partition coefficient (Wildman–Crippen LogP) is 4.59. The van der Waals surface area contributed by atoms with Gasteiger partial charge < -0.3 is 4.90 Å². The van der Waals surface area contributed by atoms with Crippen LogP contribution in [0.4, 0.5) is 18.9 Å². The zero-order valence-electron chi connectivity index (χ0n) is 12.2. The summed E-state index contributed by atoms with van der Waals surface area (Å²) in [6.07, 6.45) is -0.0572. The first kappa shape index (κ1) is 15.7. The van der Waals surface area contributed by atoms with Crippen molar-refractivity contribution in [3.63, 3.8) is 0 Å². The quantitative estimate of drug-likeness (QED) is 0.798. The van der Waals surface area contributed by atoms with Crippen molar-refractivity contribution in [1.29, 1.82) is 5.26 Å². The first-order valence-electron chi connectivity index (χ1n) is 7.17. The molecule has 0 heterocycles. The Morgan fingerprint density at radius 1 is 1.29 bits per heavy atom. The van der Waals surface area contributed by atoms with E-state index >= 15 is 0 Å². The Labute approximate surface area is 123 Å². The van der Waals surface area contributed by atoms with Crippen molar-refractivity contribution in [2.75, 3.05) is 11.9 Å². The smallest absolute Gasteiger partial charge is 0.371 e. The van der Waals surface area contributed by atoms with Crippen LogP contribution in [0.15, 0.2) is 18.2 Å². The van der Waals surface area contributed by atoms with Crippen LogP contribution in [0.2, 0.25) is 0 Å². The third kappa shape index (κ3) is 3.49. The van der Waals surface area contributed by atoms with Crippen LogP contribution in [0.3, 0.4) is 0 Å². The molecule has 1 fully saturated rings. The molecule has 0 radical (unpaired) electrons. The minimum absolute atomic E-state index is 0.0885. The SMILES string of the molecule is CC1CCCC(N(C)c2ccc(C(F)(F)F)cc2C#N)C1. The summed E-state index contributed by atoms with van der Waals surface area (Å²) in [5.74, 6) is 0.617. The number of rotatable bonds is 2. The molecule has 1 aliphatic rings. The molecule has 2 atom stereocenters. The van der Waals surface area contributed by atoms with E-state index < -0.39 is 11.7 Å². The minimum Gasteiger partial charge on any atom is -0.371 e. The van der Waals surface area contributed by atoms with Gasteiger partial charge in [0.25, 0.3) is 0 Å². The Morgan fingerprint density at radius 3 is 2.57 bits per heavy atom. The molecule has 0 bridgehead atoms.